The molecule has 0 bridgehead atoms. The molecule has 0 fully saturated rings. The smallest absolute Gasteiger partial charge is 0.115 e. The van der Waals surface area contributed by atoms with E-state index in [0.717, 1.165) is 12.1 Å². The summed E-state index contributed by atoms with van der Waals surface area (Å²) in [4.78, 5) is 4.04. The molecule has 4 nitrogen and oxygen atoms in total. The molecule has 0 saturated carbocycles. The fourth-order valence-electron chi connectivity index (χ4n) is 2.48. The van der Waals surface area contributed by atoms with Crippen LogP contribution in [-0.4, -0.2) is 10.1 Å². The van der Waals surface area contributed by atoms with Gasteiger partial charge in [-0.25, -0.2) is 0 Å². The van der Waals surface area contributed by atoms with E-state index >= 15 is 0 Å². The van der Waals surface area contributed by atoms with Crippen molar-refractivity contribution in [1.29, 1.82) is 0 Å². The SMILES string of the molecule is C=C(NCc1ccc(Cc2ccncc2)cc1)Nc1ccc(O)cc1. The Hall–Kier alpha value is -3.27. The summed E-state index contributed by atoms with van der Waals surface area (Å²) in [6.07, 6.45) is 4.55. The van der Waals surface area contributed by atoms with E-state index < -0.39 is 0 Å². The maximum Gasteiger partial charge on any atom is 0.115 e. The molecule has 0 unspecified atom stereocenters. The number of benzene rings is 2. The Bertz CT molecular complexity index is 812. The fraction of sp³-hybridized carbons (Fsp3) is 0.0952. The van der Waals surface area contributed by atoms with Gasteiger partial charge >= 0.3 is 0 Å². The number of phenols is 1. The van der Waals surface area contributed by atoms with Gasteiger partial charge in [0.15, 0.2) is 0 Å². The van der Waals surface area contributed by atoms with Crippen LogP contribution in [0, 0.1) is 0 Å². The highest BCUT2D eigenvalue weighted by molar-refractivity contribution is 5.49. The second kappa shape index (κ2) is 8.02. The van der Waals surface area contributed by atoms with Crippen molar-refractivity contribution in [3.8, 4) is 5.75 Å². The van der Waals surface area contributed by atoms with Crippen molar-refractivity contribution in [2.75, 3.05) is 5.32 Å². The van der Waals surface area contributed by atoms with Gasteiger partial charge in [0.05, 0.1) is 5.82 Å². The summed E-state index contributed by atoms with van der Waals surface area (Å²) < 4.78 is 0. The molecular formula is C21H21N3O. The number of pyridine rings is 1. The lowest BCUT2D eigenvalue weighted by atomic mass is 10.0. The topological polar surface area (TPSA) is 57.2 Å². The standard InChI is InChI=1S/C21H21N3O/c1-16(24-20-6-8-21(25)9-7-20)23-15-19-4-2-17(3-5-19)14-18-10-12-22-13-11-18/h2-13,23-25H,1,14-15H2. The second-order valence-electron chi connectivity index (χ2n) is 5.85. The molecular weight excluding hydrogens is 310 g/mol. The maximum atomic E-state index is 9.29. The van der Waals surface area contributed by atoms with Crippen LogP contribution >= 0.6 is 0 Å². The number of aromatic nitrogens is 1. The lowest BCUT2D eigenvalue weighted by Crippen LogP contribution is -2.18. The van der Waals surface area contributed by atoms with Gasteiger partial charge in [-0.2, -0.15) is 0 Å². The summed E-state index contributed by atoms with van der Waals surface area (Å²) in [5.74, 6) is 0.961. The second-order valence-corrected chi connectivity index (χ2v) is 5.85. The zero-order valence-electron chi connectivity index (χ0n) is 13.9. The maximum absolute atomic E-state index is 9.29. The number of rotatable bonds is 7. The van der Waals surface area contributed by atoms with Crippen molar-refractivity contribution in [2.24, 2.45) is 0 Å². The molecule has 25 heavy (non-hydrogen) atoms. The van der Waals surface area contributed by atoms with E-state index in [1.807, 2.05) is 24.5 Å². The largest absolute Gasteiger partial charge is 0.508 e. The van der Waals surface area contributed by atoms with Crippen molar-refractivity contribution >= 4 is 5.69 Å². The number of anilines is 1. The zero-order valence-corrected chi connectivity index (χ0v) is 13.9. The van der Waals surface area contributed by atoms with Gasteiger partial charge in [0, 0.05) is 24.6 Å². The summed E-state index contributed by atoms with van der Waals surface area (Å²) in [5.41, 5.74) is 4.60. The first-order chi connectivity index (χ1) is 12.2. The van der Waals surface area contributed by atoms with E-state index in [2.05, 4.69) is 46.5 Å². The first kappa shape index (κ1) is 16.6. The Balaban J connectivity index is 1.49. The molecule has 2 aromatic carbocycles. The zero-order chi connectivity index (χ0) is 17.5. The molecule has 3 N–H and O–H groups in total. The number of nitrogens with one attached hydrogen (secondary N) is 2. The van der Waals surface area contributed by atoms with Crippen LogP contribution in [0.15, 0.2) is 85.5 Å². The predicted octanol–water partition coefficient (Wildman–Crippen LogP) is 4.05. The van der Waals surface area contributed by atoms with E-state index in [1.165, 1.54) is 16.7 Å². The molecule has 1 aromatic heterocycles. The van der Waals surface area contributed by atoms with Crippen molar-refractivity contribution in [2.45, 2.75) is 13.0 Å². The molecule has 1 heterocycles. The van der Waals surface area contributed by atoms with Gasteiger partial charge in [-0.1, -0.05) is 30.8 Å². The van der Waals surface area contributed by atoms with Crippen LogP contribution in [0.3, 0.4) is 0 Å². The Morgan fingerprint density at radius 1 is 0.840 bits per heavy atom. The van der Waals surface area contributed by atoms with Crippen molar-refractivity contribution in [3.63, 3.8) is 0 Å². The van der Waals surface area contributed by atoms with Crippen LogP contribution in [0.2, 0.25) is 0 Å². The minimum atomic E-state index is 0.246. The van der Waals surface area contributed by atoms with E-state index in [9.17, 15) is 5.11 Å². The number of hydrogen-bond donors (Lipinski definition) is 3. The number of aromatic hydroxyl groups is 1. The first-order valence-corrected chi connectivity index (χ1v) is 8.14. The summed E-state index contributed by atoms with van der Waals surface area (Å²) in [6.45, 7) is 4.66. The number of nitrogens with zero attached hydrogens (tertiary/aromatic N) is 1. The predicted molar refractivity (Wildman–Crippen MR) is 101 cm³/mol. The van der Waals surface area contributed by atoms with E-state index in [0.29, 0.717) is 12.4 Å². The van der Waals surface area contributed by atoms with E-state index in [4.69, 9.17) is 0 Å². The molecule has 0 radical (unpaired) electrons. The van der Waals surface area contributed by atoms with Gasteiger partial charge in [-0.15, -0.1) is 0 Å². The summed E-state index contributed by atoms with van der Waals surface area (Å²) >= 11 is 0. The Morgan fingerprint density at radius 2 is 1.44 bits per heavy atom. The third-order valence-electron chi connectivity index (χ3n) is 3.85. The van der Waals surface area contributed by atoms with Crippen LogP contribution in [0.25, 0.3) is 0 Å². The molecule has 126 valence electrons. The average molecular weight is 331 g/mol. The van der Waals surface area contributed by atoms with E-state index in [-0.39, 0.29) is 5.75 Å². The van der Waals surface area contributed by atoms with Crippen LogP contribution in [0.4, 0.5) is 5.69 Å². The van der Waals surface area contributed by atoms with Gasteiger partial charge < -0.3 is 15.7 Å². The lowest BCUT2D eigenvalue weighted by Gasteiger charge is -2.12. The molecule has 4 heteroatoms. The van der Waals surface area contributed by atoms with Crippen molar-refractivity contribution < 1.29 is 5.11 Å². The quantitative estimate of drug-likeness (QED) is 0.572. The third-order valence-corrected chi connectivity index (χ3v) is 3.85. The highest BCUT2D eigenvalue weighted by atomic mass is 16.3. The fourth-order valence-corrected chi connectivity index (χ4v) is 2.48. The summed E-state index contributed by atoms with van der Waals surface area (Å²) in [5, 5.41) is 15.7. The van der Waals surface area contributed by atoms with E-state index in [1.54, 1.807) is 24.3 Å². The van der Waals surface area contributed by atoms with Crippen molar-refractivity contribution in [1.82, 2.24) is 10.3 Å². The molecule has 0 aliphatic heterocycles. The minimum Gasteiger partial charge on any atom is -0.508 e. The first-order valence-electron chi connectivity index (χ1n) is 8.14. The molecule has 0 aliphatic rings. The molecule has 3 rings (SSSR count). The average Bonchev–Trinajstić information content (AvgIpc) is 2.64. The molecule has 0 atom stereocenters. The Kier molecular flexibility index (Phi) is 5.32. The molecule has 0 saturated heterocycles. The van der Waals surface area contributed by atoms with Crippen molar-refractivity contribution in [3.05, 3.63) is 102 Å². The normalized spacial score (nSPS) is 10.2. The van der Waals surface area contributed by atoms with Crippen LogP contribution in [-0.2, 0) is 13.0 Å². The molecule has 3 aromatic rings. The highest BCUT2D eigenvalue weighted by Crippen LogP contribution is 2.15. The van der Waals surface area contributed by atoms with Crippen LogP contribution < -0.4 is 10.6 Å². The lowest BCUT2D eigenvalue weighted by molar-refractivity contribution is 0.475. The summed E-state index contributed by atoms with van der Waals surface area (Å²) in [6, 6.07) is 19.5. The van der Waals surface area contributed by atoms with Crippen LogP contribution in [0.1, 0.15) is 16.7 Å². The van der Waals surface area contributed by atoms with Gasteiger partial charge in [-0.05, 0) is 59.5 Å². The van der Waals surface area contributed by atoms with Crippen LogP contribution in [0.5, 0.6) is 5.75 Å². The number of hydrogen-bond acceptors (Lipinski definition) is 4. The Morgan fingerprint density at radius 3 is 2.12 bits per heavy atom. The summed E-state index contributed by atoms with van der Waals surface area (Å²) in [7, 11) is 0. The Labute approximate surface area is 147 Å². The molecule has 0 aliphatic carbocycles. The van der Waals surface area contributed by atoms with Gasteiger partial charge in [-0.3, -0.25) is 4.98 Å². The molecule has 0 spiro atoms. The van der Waals surface area contributed by atoms with Gasteiger partial charge in [0.1, 0.15) is 5.75 Å². The highest BCUT2D eigenvalue weighted by Gasteiger charge is 1.99. The monoisotopic (exact) mass is 331 g/mol. The van der Waals surface area contributed by atoms with Gasteiger partial charge in [0.2, 0.25) is 0 Å². The van der Waals surface area contributed by atoms with Gasteiger partial charge in [0.25, 0.3) is 0 Å². The number of phenolic OH excluding ortho intramolecular Hbond substituents is 1. The molecule has 0 amide bonds. The third kappa shape index (κ3) is 5.11. The minimum absolute atomic E-state index is 0.246.